The van der Waals surface area contributed by atoms with Crippen molar-refractivity contribution >= 4 is 46.1 Å². The van der Waals surface area contributed by atoms with E-state index in [4.69, 9.17) is 10.8 Å². The first-order valence-electron chi connectivity index (χ1n) is 8.80. The summed E-state index contributed by atoms with van der Waals surface area (Å²) in [6.45, 7) is 1.72. The number of aromatic carboxylic acids is 1. The SMILES string of the molecule is C/C(=N\N=C(/N)SC1CC(=O)N(c2ccc(C(=O)O)cc2)C1=O)c1ccc(O)cc1. The monoisotopic (exact) mass is 426 g/mol. The number of rotatable bonds is 5. The van der Waals surface area contributed by atoms with Crippen molar-refractivity contribution in [3.8, 4) is 5.75 Å². The van der Waals surface area contributed by atoms with Crippen molar-refractivity contribution in [2.45, 2.75) is 18.6 Å². The number of anilines is 1. The fourth-order valence-electron chi connectivity index (χ4n) is 2.77. The normalized spacial score (nSPS) is 17.5. The molecule has 4 N–H and O–H groups in total. The average Bonchev–Trinajstić information content (AvgIpc) is 2.99. The molecule has 0 radical (unpaired) electrons. The van der Waals surface area contributed by atoms with Gasteiger partial charge in [0.05, 0.1) is 17.0 Å². The number of carboxylic acid groups (broad SMARTS) is 1. The zero-order chi connectivity index (χ0) is 21.8. The Balaban J connectivity index is 1.69. The number of amides is 2. The summed E-state index contributed by atoms with van der Waals surface area (Å²) in [6, 6.07) is 11.9. The largest absolute Gasteiger partial charge is 0.508 e. The molecule has 3 rings (SSSR count). The van der Waals surface area contributed by atoms with Gasteiger partial charge in [0.25, 0.3) is 0 Å². The van der Waals surface area contributed by atoms with Crippen LogP contribution < -0.4 is 10.6 Å². The first kappa shape index (κ1) is 21.1. The van der Waals surface area contributed by atoms with Crippen LogP contribution in [0.15, 0.2) is 58.7 Å². The second-order valence-corrected chi connectivity index (χ2v) is 7.62. The van der Waals surface area contributed by atoms with Crippen LogP contribution in [0.2, 0.25) is 0 Å². The van der Waals surface area contributed by atoms with Gasteiger partial charge in [0.2, 0.25) is 11.8 Å². The highest BCUT2D eigenvalue weighted by atomic mass is 32.2. The van der Waals surface area contributed by atoms with Crippen LogP contribution in [0.25, 0.3) is 0 Å². The third-order valence-electron chi connectivity index (χ3n) is 4.32. The van der Waals surface area contributed by atoms with E-state index in [0.717, 1.165) is 22.2 Å². The number of thioether (sulfide) groups is 1. The van der Waals surface area contributed by atoms with Crippen molar-refractivity contribution in [1.82, 2.24) is 0 Å². The molecule has 1 atom stereocenters. The molecule has 10 heteroatoms. The standard InChI is InChI=1S/C20H18N4O5S/c1-11(12-4-8-15(25)9-5-12)22-23-20(21)30-16-10-17(26)24(18(16)27)14-6-2-13(3-7-14)19(28)29/h2-9,16,25H,10H2,1H3,(H2,21,23)(H,28,29)/b22-11+. The third kappa shape index (κ3) is 4.66. The lowest BCUT2D eigenvalue weighted by Crippen LogP contribution is -2.31. The Kier molecular flexibility index (Phi) is 6.17. The van der Waals surface area contributed by atoms with Crippen LogP contribution in [0, 0.1) is 0 Å². The smallest absolute Gasteiger partial charge is 0.335 e. The molecular weight excluding hydrogens is 408 g/mol. The van der Waals surface area contributed by atoms with Crippen molar-refractivity contribution in [2.24, 2.45) is 15.9 Å². The maximum Gasteiger partial charge on any atom is 0.335 e. The minimum absolute atomic E-state index is 0.0300. The van der Waals surface area contributed by atoms with Gasteiger partial charge in [-0.3, -0.25) is 9.59 Å². The molecule has 2 aromatic rings. The maximum atomic E-state index is 12.7. The molecule has 2 amide bonds. The molecule has 1 aliphatic rings. The Hall–Kier alpha value is -3.66. The van der Waals surface area contributed by atoms with Gasteiger partial charge in [-0.05, 0) is 61.0 Å². The van der Waals surface area contributed by atoms with Crippen LogP contribution in [-0.2, 0) is 9.59 Å². The Bertz CT molecular complexity index is 1050. The molecule has 1 saturated heterocycles. The third-order valence-corrected chi connectivity index (χ3v) is 5.30. The Labute approximate surface area is 175 Å². The lowest BCUT2D eigenvalue weighted by atomic mass is 10.1. The number of benzene rings is 2. The van der Waals surface area contributed by atoms with Gasteiger partial charge in [-0.25, -0.2) is 9.69 Å². The number of phenols is 1. The number of nitrogens with two attached hydrogens (primary N) is 1. The van der Waals surface area contributed by atoms with Crippen LogP contribution in [0.5, 0.6) is 5.75 Å². The molecule has 0 aromatic heterocycles. The molecule has 0 spiro atoms. The second kappa shape index (κ2) is 8.78. The predicted molar refractivity (Wildman–Crippen MR) is 114 cm³/mol. The van der Waals surface area contributed by atoms with Gasteiger partial charge in [0.15, 0.2) is 5.17 Å². The summed E-state index contributed by atoms with van der Waals surface area (Å²) in [7, 11) is 0. The van der Waals surface area contributed by atoms with Crippen LogP contribution >= 0.6 is 11.8 Å². The zero-order valence-corrected chi connectivity index (χ0v) is 16.7. The van der Waals surface area contributed by atoms with Crippen molar-refractivity contribution in [1.29, 1.82) is 0 Å². The summed E-state index contributed by atoms with van der Waals surface area (Å²) in [4.78, 5) is 36.9. The number of phenolic OH excluding ortho intramolecular Hbond substituents is 1. The maximum absolute atomic E-state index is 12.7. The molecular formula is C20H18N4O5S. The Morgan fingerprint density at radius 2 is 1.67 bits per heavy atom. The molecule has 0 saturated carbocycles. The van der Waals surface area contributed by atoms with Gasteiger partial charge in [-0.2, -0.15) is 5.10 Å². The number of amidine groups is 1. The molecule has 30 heavy (non-hydrogen) atoms. The predicted octanol–water partition coefficient (Wildman–Crippen LogP) is 2.19. The number of hydrogen-bond donors (Lipinski definition) is 3. The molecule has 0 aliphatic carbocycles. The van der Waals surface area contributed by atoms with Gasteiger partial charge in [0, 0.05) is 6.42 Å². The van der Waals surface area contributed by atoms with E-state index < -0.39 is 23.0 Å². The van der Waals surface area contributed by atoms with E-state index in [1.54, 1.807) is 19.1 Å². The minimum Gasteiger partial charge on any atom is -0.508 e. The molecule has 9 nitrogen and oxygen atoms in total. The van der Waals surface area contributed by atoms with E-state index in [1.165, 1.54) is 36.4 Å². The van der Waals surface area contributed by atoms with E-state index in [9.17, 15) is 19.5 Å². The van der Waals surface area contributed by atoms with Gasteiger partial charge < -0.3 is 15.9 Å². The number of nitrogens with zero attached hydrogens (tertiary/aromatic N) is 3. The summed E-state index contributed by atoms with van der Waals surface area (Å²) < 4.78 is 0. The molecule has 0 bridgehead atoms. The Morgan fingerprint density at radius 1 is 1.07 bits per heavy atom. The van der Waals surface area contributed by atoms with Crippen LogP contribution in [0.1, 0.15) is 29.3 Å². The number of hydrogen-bond acceptors (Lipinski definition) is 7. The highest BCUT2D eigenvalue weighted by Crippen LogP contribution is 2.30. The number of carbonyl (C=O) groups is 3. The number of imide groups is 1. The quantitative estimate of drug-likeness (QED) is 0.287. The summed E-state index contributed by atoms with van der Waals surface area (Å²) >= 11 is 0.940. The number of carbonyl (C=O) groups excluding carboxylic acids is 2. The van der Waals surface area contributed by atoms with Crippen molar-refractivity contribution < 1.29 is 24.6 Å². The molecule has 1 heterocycles. The summed E-state index contributed by atoms with van der Waals surface area (Å²) in [5.41, 5.74) is 7.54. The first-order valence-corrected chi connectivity index (χ1v) is 9.68. The topological polar surface area (TPSA) is 146 Å². The van der Waals surface area contributed by atoms with Crippen LogP contribution in [0.3, 0.4) is 0 Å². The Morgan fingerprint density at radius 3 is 2.27 bits per heavy atom. The van der Waals surface area contributed by atoms with Crippen molar-refractivity contribution in [2.75, 3.05) is 4.90 Å². The number of aromatic hydroxyl groups is 1. The lowest BCUT2D eigenvalue weighted by Gasteiger charge is -2.14. The van der Waals surface area contributed by atoms with E-state index in [2.05, 4.69) is 10.2 Å². The van der Waals surface area contributed by atoms with Crippen molar-refractivity contribution in [3.63, 3.8) is 0 Å². The minimum atomic E-state index is -1.10. The van der Waals surface area contributed by atoms with Gasteiger partial charge in [0.1, 0.15) is 11.0 Å². The van der Waals surface area contributed by atoms with Gasteiger partial charge >= 0.3 is 5.97 Å². The fourth-order valence-corrected chi connectivity index (χ4v) is 3.59. The second-order valence-electron chi connectivity index (χ2n) is 6.40. The highest BCUT2D eigenvalue weighted by molar-refractivity contribution is 8.14. The first-order chi connectivity index (χ1) is 14.3. The average molecular weight is 426 g/mol. The van der Waals surface area contributed by atoms with Crippen molar-refractivity contribution in [3.05, 3.63) is 59.7 Å². The summed E-state index contributed by atoms with van der Waals surface area (Å²) in [6.07, 6.45) is -0.0545. The highest BCUT2D eigenvalue weighted by Gasteiger charge is 2.40. The fraction of sp³-hybridized carbons (Fsp3) is 0.150. The van der Waals surface area contributed by atoms with Crippen LogP contribution in [-0.4, -0.2) is 44.1 Å². The number of carboxylic acids is 1. The van der Waals surface area contributed by atoms with Gasteiger partial charge in [-0.1, -0.05) is 11.8 Å². The van der Waals surface area contributed by atoms with E-state index in [0.29, 0.717) is 11.4 Å². The summed E-state index contributed by atoms with van der Waals surface area (Å²) in [5.74, 6) is -1.82. The molecule has 1 unspecified atom stereocenters. The molecule has 1 fully saturated rings. The lowest BCUT2D eigenvalue weighted by molar-refractivity contribution is -0.121. The summed E-state index contributed by atoms with van der Waals surface area (Å²) in [5, 5.41) is 25.5. The van der Waals surface area contributed by atoms with E-state index in [-0.39, 0.29) is 22.9 Å². The molecule has 2 aromatic carbocycles. The van der Waals surface area contributed by atoms with E-state index >= 15 is 0 Å². The molecule has 1 aliphatic heterocycles. The zero-order valence-electron chi connectivity index (χ0n) is 15.8. The molecule has 154 valence electrons. The van der Waals surface area contributed by atoms with Crippen LogP contribution in [0.4, 0.5) is 5.69 Å². The van der Waals surface area contributed by atoms with Gasteiger partial charge in [-0.15, -0.1) is 5.10 Å². The van der Waals surface area contributed by atoms with E-state index in [1.807, 2.05) is 0 Å².